The van der Waals surface area contributed by atoms with Gasteiger partial charge in [0.1, 0.15) is 6.04 Å². The molecule has 1 aliphatic rings. The van der Waals surface area contributed by atoms with Crippen LogP contribution < -0.4 is 10.2 Å². The van der Waals surface area contributed by atoms with Crippen LogP contribution in [0, 0.1) is 13.8 Å². The minimum atomic E-state index is -0.715. The average Bonchev–Trinajstić information content (AvgIpc) is 3.38. The lowest BCUT2D eigenvalue weighted by Crippen LogP contribution is -2.39. The van der Waals surface area contributed by atoms with Gasteiger partial charge in [0, 0.05) is 17.1 Å². The van der Waals surface area contributed by atoms with Gasteiger partial charge in [-0.2, -0.15) is 0 Å². The highest BCUT2D eigenvalue weighted by molar-refractivity contribution is 7.80. The Morgan fingerprint density at radius 1 is 1.05 bits per heavy atom. The maximum absolute atomic E-state index is 13.6. The van der Waals surface area contributed by atoms with Crippen LogP contribution in [-0.2, 0) is 20.7 Å². The Kier molecular flexibility index (Phi) is 8.35. The first-order chi connectivity index (χ1) is 17.8. The molecule has 1 atom stereocenters. The van der Waals surface area contributed by atoms with Crippen LogP contribution in [0.1, 0.15) is 39.7 Å². The number of carbonyl (C=O) groups is 3. The highest BCUT2D eigenvalue weighted by Gasteiger charge is 2.44. The van der Waals surface area contributed by atoms with Gasteiger partial charge < -0.3 is 15.0 Å². The van der Waals surface area contributed by atoms with E-state index in [2.05, 4.69) is 23.7 Å². The number of rotatable bonds is 9. The Hall–Kier alpha value is -3.56. The first-order valence-corrected chi connectivity index (χ1v) is 13.4. The Morgan fingerprint density at radius 3 is 2.38 bits per heavy atom. The second-order valence-corrected chi connectivity index (χ2v) is 10.2. The molecule has 37 heavy (non-hydrogen) atoms. The number of ether oxygens (including phenoxy) is 1. The molecule has 1 unspecified atom stereocenters. The van der Waals surface area contributed by atoms with Crippen LogP contribution in [0.4, 0.5) is 11.4 Å². The van der Waals surface area contributed by atoms with Gasteiger partial charge in [0.05, 0.1) is 24.3 Å². The van der Waals surface area contributed by atoms with E-state index in [1.54, 1.807) is 42.5 Å². The van der Waals surface area contributed by atoms with E-state index in [0.29, 0.717) is 28.6 Å². The predicted octanol–water partition coefficient (Wildman–Crippen LogP) is 5.12. The summed E-state index contributed by atoms with van der Waals surface area (Å²) < 4.78 is 5.00. The van der Waals surface area contributed by atoms with E-state index < -0.39 is 12.0 Å². The van der Waals surface area contributed by atoms with Crippen molar-refractivity contribution < 1.29 is 19.1 Å². The molecule has 1 N–H and O–H groups in total. The van der Waals surface area contributed by atoms with Crippen molar-refractivity contribution in [2.45, 2.75) is 39.7 Å². The van der Waals surface area contributed by atoms with Crippen molar-refractivity contribution in [1.82, 2.24) is 4.90 Å². The fourth-order valence-corrected chi connectivity index (χ4v) is 5.51. The molecular formula is C28H29N3O4S2. The number of esters is 1. The number of thiophene rings is 1. The van der Waals surface area contributed by atoms with Crippen LogP contribution in [-0.4, -0.2) is 47.0 Å². The zero-order valence-corrected chi connectivity index (χ0v) is 22.7. The third-order valence-corrected chi connectivity index (χ3v) is 7.72. The molecule has 2 aromatic carbocycles. The number of anilines is 2. The van der Waals surface area contributed by atoms with Crippen LogP contribution in [0.5, 0.6) is 0 Å². The molecule has 2 amide bonds. The summed E-state index contributed by atoms with van der Waals surface area (Å²) in [5, 5.41) is 5.29. The summed E-state index contributed by atoms with van der Waals surface area (Å²) in [6.45, 7) is 6.61. The molecule has 1 aromatic heterocycles. The van der Waals surface area contributed by atoms with Crippen molar-refractivity contribution in [3.05, 3.63) is 81.5 Å². The number of aryl methyl sites for hydroxylation is 2. The lowest BCUT2D eigenvalue weighted by molar-refractivity contribution is -0.124. The zero-order valence-electron chi connectivity index (χ0n) is 21.0. The lowest BCUT2D eigenvalue weighted by atomic mass is 10.1. The molecule has 0 radical (unpaired) electrons. The molecule has 1 saturated heterocycles. The Balaban J connectivity index is 1.51. The molecule has 0 bridgehead atoms. The molecule has 1 aliphatic heterocycles. The van der Waals surface area contributed by atoms with E-state index in [4.69, 9.17) is 17.0 Å². The highest BCUT2D eigenvalue weighted by Crippen LogP contribution is 2.29. The number of nitrogens with zero attached hydrogens (tertiary/aromatic N) is 2. The summed E-state index contributed by atoms with van der Waals surface area (Å²) in [5.74, 6) is -0.948. The summed E-state index contributed by atoms with van der Waals surface area (Å²) in [5.41, 5.74) is 3.91. The van der Waals surface area contributed by atoms with Crippen molar-refractivity contribution in [2.24, 2.45) is 0 Å². The largest absolute Gasteiger partial charge is 0.462 e. The third-order valence-electron chi connectivity index (χ3n) is 6.22. The van der Waals surface area contributed by atoms with Crippen LogP contribution in [0.3, 0.4) is 0 Å². The number of thiocarbonyl (C=S) groups is 1. The fraction of sp³-hybridized carbons (Fsp3) is 0.286. The first-order valence-electron chi connectivity index (χ1n) is 12.1. The summed E-state index contributed by atoms with van der Waals surface area (Å²) in [6, 6.07) is 15.4. The van der Waals surface area contributed by atoms with Crippen molar-refractivity contribution in [3.63, 3.8) is 0 Å². The van der Waals surface area contributed by atoms with Crippen molar-refractivity contribution >= 4 is 57.8 Å². The van der Waals surface area contributed by atoms with E-state index >= 15 is 0 Å². The van der Waals surface area contributed by atoms with Crippen LogP contribution in [0.25, 0.3) is 0 Å². The average molecular weight is 536 g/mol. The van der Waals surface area contributed by atoms with Crippen molar-refractivity contribution in [3.8, 4) is 0 Å². The molecule has 2 heterocycles. The Bertz CT molecular complexity index is 1300. The van der Waals surface area contributed by atoms with Crippen LogP contribution >= 0.6 is 23.6 Å². The molecule has 0 spiro atoms. The molecule has 192 valence electrons. The molecule has 0 saturated carbocycles. The molecule has 1 fully saturated rings. The molecule has 7 nitrogen and oxygen atoms in total. The number of hydrogen-bond donors (Lipinski definition) is 1. The van der Waals surface area contributed by atoms with Crippen LogP contribution in [0.15, 0.2) is 60.0 Å². The summed E-state index contributed by atoms with van der Waals surface area (Å²) in [4.78, 5) is 43.1. The monoisotopic (exact) mass is 535 g/mol. The van der Waals surface area contributed by atoms with E-state index in [1.165, 1.54) is 15.3 Å². The normalized spacial score (nSPS) is 15.3. The van der Waals surface area contributed by atoms with Crippen molar-refractivity contribution in [2.75, 3.05) is 23.4 Å². The van der Waals surface area contributed by atoms with Gasteiger partial charge in [0.15, 0.2) is 5.11 Å². The number of hydrogen-bond acceptors (Lipinski definition) is 6. The molecule has 9 heteroatoms. The maximum Gasteiger partial charge on any atom is 0.338 e. The molecule has 3 aromatic rings. The summed E-state index contributed by atoms with van der Waals surface area (Å²) >= 11 is 7.44. The predicted molar refractivity (Wildman–Crippen MR) is 150 cm³/mol. The second kappa shape index (κ2) is 11.7. The number of nitrogens with one attached hydrogen (secondary N) is 1. The first kappa shape index (κ1) is 26.5. The third kappa shape index (κ3) is 6.06. The minimum Gasteiger partial charge on any atom is -0.462 e. The maximum atomic E-state index is 13.6. The molecular weight excluding hydrogens is 506 g/mol. The van der Waals surface area contributed by atoms with Gasteiger partial charge in [0.2, 0.25) is 5.91 Å². The van der Waals surface area contributed by atoms with Crippen molar-refractivity contribution in [1.29, 1.82) is 0 Å². The van der Waals surface area contributed by atoms with Gasteiger partial charge in [-0.15, -0.1) is 11.3 Å². The molecule has 4 rings (SSSR count). The minimum absolute atomic E-state index is 0.0512. The number of amides is 2. The quantitative estimate of drug-likeness (QED) is 0.303. The van der Waals surface area contributed by atoms with Gasteiger partial charge in [0.25, 0.3) is 5.91 Å². The summed E-state index contributed by atoms with van der Waals surface area (Å²) in [6.07, 6.45) is 0.677. The van der Waals surface area contributed by atoms with E-state index in [9.17, 15) is 14.4 Å². The van der Waals surface area contributed by atoms with Gasteiger partial charge in [-0.05, 0) is 92.8 Å². The summed E-state index contributed by atoms with van der Waals surface area (Å²) in [7, 11) is 0. The van der Waals surface area contributed by atoms with E-state index in [0.717, 1.165) is 12.0 Å². The SMILES string of the molecule is CCOC(=O)c1ccc(NC(=O)CC2C(=O)N(c3ccc(C)cc3)C(=S)N2CCc2sccc2C)cc1. The van der Waals surface area contributed by atoms with Gasteiger partial charge in [-0.25, -0.2) is 4.79 Å². The highest BCUT2D eigenvalue weighted by atomic mass is 32.1. The van der Waals surface area contributed by atoms with E-state index in [-0.39, 0.29) is 24.8 Å². The number of carbonyl (C=O) groups excluding carboxylic acids is 3. The molecule has 0 aliphatic carbocycles. The fourth-order valence-electron chi connectivity index (χ4n) is 4.19. The number of benzene rings is 2. The Morgan fingerprint density at radius 2 is 1.76 bits per heavy atom. The topological polar surface area (TPSA) is 78.9 Å². The second-order valence-electron chi connectivity index (χ2n) is 8.83. The van der Waals surface area contributed by atoms with Crippen LogP contribution in [0.2, 0.25) is 0 Å². The smallest absolute Gasteiger partial charge is 0.338 e. The standard InChI is InChI=1S/C28H29N3O4S2/c1-4-35-27(34)20-7-9-21(10-8-20)29-25(32)17-23-26(33)31(22-11-5-18(2)6-12-22)28(36)30(23)15-13-24-19(3)14-16-37-24/h5-12,14,16,23H,4,13,15,17H2,1-3H3,(H,29,32). The van der Waals surface area contributed by atoms with Gasteiger partial charge in [-0.1, -0.05) is 17.7 Å². The van der Waals surface area contributed by atoms with Gasteiger partial charge >= 0.3 is 5.97 Å². The van der Waals surface area contributed by atoms with Gasteiger partial charge in [-0.3, -0.25) is 14.5 Å². The zero-order chi connectivity index (χ0) is 26.5. The lowest BCUT2D eigenvalue weighted by Gasteiger charge is -2.24. The Labute approximate surface area is 226 Å². The van der Waals surface area contributed by atoms with E-state index in [1.807, 2.05) is 36.1 Å².